The Labute approximate surface area is 300 Å². The number of benzene rings is 2. The molecule has 0 bridgehead atoms. The number of carbonyl (C=O) groups excluding carboxylic acids is 2. The van der Waals surface area contributed by atoms with Crippen molar-refractivity contribution >= 4 is 35.2 Å². The first-order valence-corrected chi connectivity index (χ1v) is 17.0. The van der Waals surface area contributed by atoms with Gasteiger partial charge in [-0.05, 0) is 12.8 Å². The van der Waals surface area contributed by atoms with Gasteiger partial charge in [0.05, 0.1) is 55.2 Å². The third-order valence-corrected chi connectivity index (χ3v) is 9.58. The molecule has 2 aliphatic rings. The smallest absolute Gasteiger partial charge is 0.407 e. The van der Waals surface area contributed by atoms with Gasteiger partial charge >= 0.3 is 6.09 Å². The molecule has 0 radical (unpaired) electrons. The van der Waals surface area contributed by atoms with Gasteiger partial charge in [-0.15, -0.1) is 0 Å². The highest BCUT2D eigenvalue weighted by molar-refractivity contribution is 6.39. The molecular formula is C35H38Cl2N8O5. The van der Waals surface area contributed by atoms with Gasteiger partial charge in [-0.25, -0.2) is 14.8 Å². The predicted molar refractivity (Wildman–Crippen MR) is 189 cm³/mol. The Kier molecular flexibility index (Phi) is 11.3. The molecule has 2 saturated heterocycles. The predicted octanol–water partition coefficient (Wildman–Crippen LogP) is 4.89. The van der Waals surface area contributed by atoms with Crippen molar-refractivity contribution in [3.05, 3.63) is 70.2 Å². The van der Waals surface area contributed by atoms with Crippen LogP contribution in [-0.2, 0) is 22.6 Å². The highest BCUT2D eigenvalue weighted by atomic mass is 35.5. The lowest BCUT2D eigenvalue weighted by atomic mass is 9.98. The van der Waals surface area contributed by atoms with Gasteiger partial charge in [0.1, 0.15) is 11.4 Å². The van der Waals surface area contributed by atoms with E-state index in [0.717, 1.165) is 19.4 Å². The maximum atomic E-state index is 11.6. The average Bonchev–Trinajstić information content (AvgIpc) is 3.76. The Morgan fingerprint density at radius 3 is 2.08 bits per heavy atom. The number of amides is 2. The molecule has 3 N–H and O–H groups in total. The van der Waals surface area contributed by atoms with Crippen LogP contribution in [-0.4, -0.2) is 89.9 Å². The molecule has 1 unspecified atom stereocenters. The molecule has 4 heterocycles. The zero-order chi connectivity index (χ0) is 35.2. The van der Waals surface area contributed by atoms with E-state index in [4.69, 9.17) is 52.4 Å². The van der Waals surface area contributed by atoms with Crippen LogP contribution in [0.2, 0.25) is 10.0 Å². The van der Waals surface area contributed by atoms with E-state index in [9.17, 15) is 9.59 Å². The van der Waals surface area contributed by atoms with Crippen molar-refractivity contribution in [2.45, 2.75) is 44.4 Å². The summed E-state index contributed by atoms with van der Waals surface area (Å²) in [4.78, 5) is 44.1. The summed E-state index contributed by atoms with van der Waals surface area (Å²) in [5.41, 5.74) is 5.17. The second kappa shape index (κ2) is 16.0. The van der Waals surface area contributed by atoms with Crippen molar-refractivity contribution in [2.24, 2.45) is 0 Å². The van der Waals surface area contributed by atoms with Gasteiger partial charge in [-0.3, -0.25) is 19.7 Å². The Morgan fingerprint density at radius 2 is 1.50 bits per heavy atom. The Balaban J connectivity index is 1.20. The third-order valence-electron chi connectivity index (χ3n) is 8.77. The van der Waals surface area contributed by atoms with Crippen LogP contribution in [0, 0.1) is 0 Å². The quantitative estimate of drug-likeness (QED) is 0.183. The van der Waals surface area contributed by atoms with Crippen molar-refractivity contribution in [1.29, 1.82) is 0 Å². The van der Waals surface area contributed by atoms with Crippen molar-refractivity contribution in [2.75, 3.05) is 41.0 Å². The number of carbonyl (C=O) groups is 2. The van der Waals surface area contributed by atoms with Crippen LogP contribution < -0.4 is 25.4 Å². The van der Waals surface area contributed by atoms with Crippen LogP contribution in [0.25, 0.3) is 33.6 Å². The summed E-state index contributed by atoms with van der Waals surface area (Å²) in [6.07, 6.45) is 5.08. The third kappa shape index (κ3) is 7.91. The van der Waals surface area contributed by atoms with Crippen LogP contribution in [0.1, 0.15) is 30.7 Å². The maximum Gasteiger partial charge on any atom is 0.407 e. The minimum atomic E-state index is -0.439. The van der Waals surface area contributed by atoms with E-state index in [1.807, 2.05) is 36.4 Å². The molecule has 2 atom stereocenters. The fourth-order valence-corrected chi connectivity index (χ4v) is 6.86. The first kappa shape index (κ1) is 35.3. The summed E-state index contributed by atoms with van der Waals surface area (Å²) in [6, 6.07) is 11.4. The maximum absolute atomic E-state index is 11.6. The Bertz CT molecular complexity index is 1880. The van der Waals surface area contributed by atoms with Crippen LogP contribution in [0.3, 0.4) is 0 Å². The number of hydrogen-bond acceptors (Lipinski definition) is 11. The number of nitrogens with one attached hydrogen (secondary N) is 3. The lowest BCUT2D eigenvalue weighted by Crippen LogP contribution is -2.36. The van der Waals surface area contributed by atoms with E-state index >= 15 is 0 Å². The fourth-order valence-electron chi connectivity index (χ4n) is 6.21. The number of nitrogens with zero attached hydrogens (tertiary/aromatic N) is 5. The van der Waals surface area contributed by atoms with Gasteiger partial charge in [-0.1, -0.05) is 59.6 Å². The molecule has 13 nitrogen and oxygen atoms in total. The van der Waals surface area contributed by atoms with Gasteiger partial charge in [-0.2, -0.15) is 0 Å². The number of aromatic nitrogens is 4. The first-order chi connectivity index (χ1) is 24.3. The number of likely N-dealkylation sites (tertiary alicyclic amines) is 1. The van der Waals surface area contributed by atoms with Gasteiger partial charge in [0, 0.05) is 73.5 Å². The molecule has 2 aromatic carbocycles. The van der Waals surface area contributed by atoms with Gasteiger partial charge in [0.25, 0.3) is 0 Å². The van der Waals surface area contributed by atoms with E-state index < -0.39 is 6.09 Å². The van der Waals surface area contributed by atoms with Crippen molar-refractivity contribution in [3.63, 3.8) is 0 Å². The first-order valence-electron chi connectivity index (χ1n) is 16.2. The van der Waals surface area contributed by atoms with Gasteiger partial charge in [0.2, 0.25) is 17.7 Å². The Hall–Kier alpha value is -4.56. The monoisotopic (exact) mass is 720 g/mol. The topological polar surface area (TPSA) is 153 Å². The number of halogens is 2. The second-order valence-corrected chi connectivity index (χ2v) is 12.8. The molecular weight excluding hydrogens is 683 g/mol. The highest BCUT2D eigenvalue weighted by Crippen LogP contribution is 2.42. The molecule has 2 fully saturated rings. The summed E-state index contributed by atoms with van der Waals surface area (Å²) >= 11 is 14.1. The van der Waals surface area contributed by atoms with Crippen molar-refractivity contribution in [1.82, 2.24) is 40.8 Å². The zero-order valence-electron chi connectivity index (χ0n) is 28.0. The van der Waals surface area contributed by atoms with Gasteiger partial charge in [0.15, 0.2) is 0 Å². The fraction of sp³-hybridized carbons (Fsp3) is 0.371. The molecule has 15 heteroatoms. The number of ether oxygens (including phenoxy) is 3. The van der Waals surface area contributed by atoms with Crippen LogP contribution in [0.4, 0.5) is 4.79 Å². The summed E-state index contributed by atoms with van der Waals surface area (Å²) in [5.74, 6) is 0.851. The Morgan fingerprint density at radius 1 is 0.900 bits per heavy atom. The molecule has 50 heavy (non-hydrogen) atoms. The van der Waals surface area contributed by atoms with Crippen LogP contribution >= 0.6 is 23.2 Å². The standard InChI is InChI=1S/C35H38Cl2N8O5/c1-48-33-28(15-38-14-20-10-11-30(46)41-20)39-16-26(43-33)24-8-4-6-22(31(24)36)23-7-5-9-25(32(23)37)27-17-40-29(34(44-27)49-2)19-45-13-12-21(18-45)42-35(47)50-3/h4-9,16-17,20-21,38H,10-15,18-19H2,1-3H3,(H,41,46)(H,42,47)/t20-,21?/m0/s1. The van der Waals surface area contributed by atoms with Crippen molar-refractivity contribution < 1.29 is 23.8 Å². The molecule has 0 aliphatic carbocycles. The second-order valence-electron chi connectivity index (χ2n) is 12.0. The van der Waals surface area contributed by atoms with E-state index in [1.54, 1.807) is 26.6 Å². The number of rotatable bonds is 12. The van der Waals surface area contributed by atoms with E-state index in [1.165, 1.54) is 7.11 Å². The number of alkyl carbamates (subject to hydrolysis) is 1. The molecule has 4 aromatic rings. The van der Waals surface area contributed by atoms with E-state index in [0.29, 0.717) is 99.4 Å². The highest BCUT2D eigenvalue weighted by Gasteiger charge is 2.26. The molecule has 6 rings (SSSR count). The normalized spacial score (nSPS) is 17.4. The zero-order valence-corrected chi connectivity index (χ0v) is 29.5. The molecule has 262 valence electrons. The molecule has 0 spiro atoms. The summed E-state index contributed by atoms with van der Waals surface area (Å²) in [6.45, 7) is 3.03. The molecule has 2 aromatic heterocycles. The largest absolute Gasteiger partial charge is 0.480 e. The molecule has 2 amide bonds. The summed E-state index contributed by atoms with van der Waals surface area (Å²) in [7, 11) is 4.46. The van der Waals surface area contributed by atoms with Gasteiger partial charge < -0.3 is 30.2 Å². The SMILES string of the molecule is COC(=O)NC1CCN(Cc2ncc(-c3cccc(-c4cccc(-c5cnc(CNC[C@@H]6CCC(=O)N6)c(OC)n5)c4Cl)c3Cl)nc2OC)C1. The molecule has 2 aliphatic heterocycles. The number of hydrogen-bond donors (Lipinski definition) is 3. The molecule has 0 saturated carbocycles. The minimum absolute atomic E-state index is 0.00196. The lowest BCUT2D eigenvalue weighted by molar-refractivity contribution is -0.119. The lowest BCUT2D eigenvalue weighted by Gasteiger charge is -2.18. The van der Waals surface area contributed by atoms with E-state index in [2.05, 4.69) is 25.8 Å². The summed E-state index contributed by atoms with van der Waals surface area (Å²) < 4.78 is 15.9. The number of methoxy groups -OCH3 is 3. The summed E-state index contributed by atoms with van der Waals surface area (Å²) in [5, 5.41) is 10.0. The van der Waals surface area contributed by atoms with Crippen LogP contribution in [0.15, 0.2) is 48.8 Å². The van der Waals surface area contributed by atoms with Crippen molar-refractivity contribution in [3.8, 4) is 45.4 Å². The minimum Gasteiger partial charge on any atom is -0.480 e. The van der Waals surface area contributed by atoms with Crippen LogP contribution in [0.5, 0.6) is 11.8 Å². The van der Waals surface area contributed by atoms with E-state index in [-0.39, 0.29) is 18.0 Å². The average molecular weight is 722 g/mol.